The average molecular weight is 226 g/mol. The van der Waals surface area contributed by atoms with E-state index in [1.807, 2.05) is 13.8 Å². The quantitative estimate of drug-likeness (QED) is 0.610. The van der Waals surface area contributed by atoms with Crippen molar-refractivity contribution >= 4 is 5.69 Å². The Labute approximate surface area is 95.0 Å². The Bertz CT molecular complexity index is 351. The summed E-state index contributed by atoms with van der Waals surface area (Å²) in [7, 11) is 0. The predicted octanol–water partition coefficient (Wildman–Crippen LogP) is 2.13. The van der Waals surface area contributed by atoms with Crippen LogP contribution in [0.2, 0.25) is 0 Å². The van der Waals surface area contributed by atoms with Crippen LogP contribution in [0.25, 0.3) is 0 Å². The Morgan fingerprint density at radius 2 is 2.06 bits per heavy atom. The minimum Gasteiger partial charge on any atom is -0.388 e. The van der Waals surface area contributed by atoms with Crippen LogP contribution in [0.3, 0.4) is 0 Å². The average Bonchev–Trinajstić information content (AvgIpc) is 2.30. The summed E-state index contributed by atoms with van der Waals surface area (Å²) < 4.78 is 0. The number of nitro benzene ring substituents is 1. The molecule has 0 amide bonds. The molecule has 1 unspecified atom stereocenters. The monoisotopic (exact) mass is 226 g/mol. The number of aliphatic hydroxyl groups is 1. The number of aliphatic hydroxyl groups excluding tert-OH is 1. The predicted molar refractivity (Wildman–Crippen MR) is 63.0 cm³/mol. The van der Waals surface area contributed by atoms with Crippen molar-refractivity contribution in [1.82, 2.24) is 0 Å². The second-order valence-corrected chi connectivity index (χ2v) is 3.03. The number of hydrogen-bond donors (Lipinski definition) is 2. The van der Waals surface area contributed by atoms with Crippen LogP contribution < -0.4 is 5.73 Å². The van der Waals surface area contributed by atoms with E-state index in [0.717, 1.165) is 0 Å². The Hall–Kier alpha value is -1.46. The van der Waals surface area contributed by atoms with Crippen molar-refractivity contribution in [2.75, 3.05) is 0 Å². The summed E-state index contributed by atoms with van der Waals surface area (Å²) in [5.74, 6) is 0. The Balaban J connectivity index is 0.00000106. The van der Waals surface area contributed by atoms with E-state index in [0.29, 0.717) is 11.1 Å². The van der Waals surface area contributed by atoms with Gasteiger partial charge in [0.1, 0.15) is 0 Å². The van der Waals surface area contributed by atoms with Gasteiger partial charge in [-0.05, 0) is 18.6 Å². The van der Waals surface area contributed by atoms with Gasteiger partial charge in [-0.15, -0.1) is 0 Å². The number of nitrogens with zero attached hydrogens (tertiary/aromatic N) is 1. The van der Waals surface area contributed by atoms with E-state index in [4.69, 9.17) is 5.73 Å². The molecule has 0 saturated carbocycles. The van der Waals surface area contributed by atoms with Gasteiger partial charge in [-0.3, -0.25) is 10.1 Å². The van der Waals surface area contributed by atoms with E-state index in [1.165, 1.54) is 19.1 Å². The zero-order valence-electron chi connectivity index (χ0n) is 9.80. The fourth-order valence-corrected chi connectivity index (χ4v) is 1.23. The number of benzene rings is 1. The number of rotatable bonds is 3. The third-order valence-corrected chi connectivity index (χ3v) is 1.98. The fraction of sp³-hybridized carbons (Fsp3) is 0.455. The van der Waals surface area contributed by atoms with Crippen molar-refractivity contribution in [3.05, 3.63) is 39.4 Å². The number of hydrogen-bond acceptors (Lipinski definition) is 4. The molecule has 1 atom stereocenters. The minimum absolute atomic E-state index is 0.0806. The minimum atomic E-state index is -0.845. The molecule has 1 aromatic carbocycles. The SMILES string of the molecule is CC.CC(O)c1ccc(CN)cc1[N+](=O)[O-]. The maximum Gasteiger partial charge on any atom is 0.275 e. The highest BCUT2D eigenvalue weighted by Crippen LogP contribution is 2.25. The van der Waals surface area contributed by atoms with Gasteiger partial charge >= 0.3 is 0 Å². The molecule has 1 aromatic rings. The standard InChI is InChI=1S/C9H12N2O3.C2H6/c1-6(12)8-3-2-7(5-10)4-9(8)11(13)14;1-2/h2-4,6,12H,5,10H2,1H3;1-2H3. The van der Waals surface area contributed by atoms with Crippen molar-refractivity contribution in [3.8, 4) is 0 Å². The molecular weight excluding hydrogens is 208 g/mol. The smallest absolute Gasteiger partial charge is 0.275 e. The van der Waals surface area contributed by atoms with Crippen LogP contribution in [-0.2, 0) is 6.54 Å². The fourth-order valence-electron chi connectivity index (χ4n) is 1.23. The van der Waals surface area contributed by atoms with Crippen LogP contribution in [0.15, 0.2) is 18.2 Å². The summed E-state index contributed by atoms with van der Waals surface area (Å²) in [4.78, 5) is 10.1. The molecule has 0 spiro atoms. The third kappa shape index (κ3) is 3.60. The van der Waals surface area contributed by atoms with Crippen LogP contribution in [0.5, 0.6) is 0 Å². The van der Waals surface area contributed by atoms with Crippen LogP contribution in [0.4, 0.5) is 5.69 Å². The van der Waals surface area contributed by atoms with E-state index in [-0.39, 0.29) is 12.2 Å². The summed E-state index contributed by atoms with van der Waals surface area (Å²) in [6.07, 6.45) is -0.845. The molecule has 0 fully saturated rings. The molecule has 0 radical (unpaired) electrons. The van der Waals surface area contributed by atoms with Gasteiger partial charge < -0.3 is 10.8 Å². The molecule has 0 aliphatic rings. The van der Waals surface area contributed by atoms with Crippen molar-refractivity contribution in [2.24, 2.45) is 5.73 Å². The van der Waals surface area contributed by atoms with Gasteiger partial charge in [0.05, 0.1) is 16.6 Å². The lowest BCUT2D eigenvalue weighted by Gasteiger charge is -2.06. The lowest BCUT2D eigenvalue weighted by molar-refractivity contribution is -0.386. The number of nitro groups is 1. The molecule has 90 valence electrons. The van der Waals surface area contributed by atoms with Gasteiger partial charge in [0.15, 0.2) is 0 Å². The maximum atomic E-state index is 10.6. The second-order valence-electron chi connectivity index (χ2n) is 3.03. The molecule has 1 rings (SSSR count). The van der Waals surface area contributed by atoms with Crippen molar-refractivity contribution in [1.29, 1.82) is 0 Å². The van der Waals surface area contributed by atoms with Gasteiger partial charge in [-0.2, -0.15) is 0 Å². The third-order valence-electron chi connectivity index (χ3n) is 1.98. The first-order valence-corrected chi connectivity index (χ1v) is 5.21. The van der Waals surface area contributed by atoms with Crippen molar-refractivity contribution in [2.45, 2.75) is 33.4 Å². The zero-order chi connectivity index (χ0) is 12.7. The molecule has 0 bridgehead atoms. The molecule has 5 heteroatoms. The first-order valence-electron chi connectivity index (χ1n) is 5.21. The van der Waals surface area contributed by atoms with Crippen molar-refractivity contribution < 1.29 is 10.0 Å². The van der Waals surface area contributed by atoms with Crippen LogP contribution in [-0.4, -0.2) is 10.0 Å². The van der Waals surface area contributed by atoms with E-state index in [2.05, 4.69) is 0 Å². The molecule has 0 aliphatic carbocycles. The number of nitrogens with two attached hydrogens (primary N) is 1. The highest BCUT2D eigenvalue weighted by atomic mass is 16.6. The summed E-state index contributed by atoms with van der Waals surface area (Å²) in [5.41, 5.74) is 6.27. The lowest BCUT2D eigenvalue weighted by atomic mass is 10.1. The highest BCUT2D eigenvalue weighted by Gasteiger charge is 2.17. The summed E-state index contributed by atoms with van der Waals surface area (Å²) in [6.45, 7) is 5.74. The largest absolute Gasteiger partial charge is 0.388 e. The second kappa shape index (κ2) is 6.92. The molecule has 0 aliphatic heterocycles. The van der Waals surface area contributed by atoms with E-state index in [9.17, 15) is 15.2 Å². The highest BCUT2D eigenvalue weighted by molar-refractivity contribution is 5.44. The van der Waals surface area contributed by atoms with E-state index >= 15 is 0 Å². The van der Waals surface area contributed by atoms with Gasteiger partial charge in [0.2, 0.25) is 0 Å². The molecule has 0 aromatic heterocycles. The first-order chi connectivity index (χ1) is 7.56. The molecule has 5 nitrogen and oxygen atoms in total. The van der Waals surface area contributed by atoms with Crippen LogP contribution >= 0.6 is 0 Å². The Morgan fingerprint density at radius 1 is 1.50 bits per heavy atom. The molecule has 0 saturated heterocycles. The van der Waals surface area contributed by atoms with Crippen LogP contribution in [0, 0.1) is 10.1 Å². The van der Waals surface area contributed by atoms with Gasteiger partial charge in [-0.25, -0.2) is 0 Å². The molecule has 3 N–H and O–H groups in total. The molecular formula is C11H18N2O3. The normalized spacial score (nSPS) is 11.3. The Kier molecular flexibility index (Phi) is 6.29. The summed E-state index contributed by atoms with van der Waals surface area (Å²) in [5, 5.41) is 19.9. The van der Waals surface area contributed by atoms with Crippen LogP contribution in [0.1, 0.15) is 38.0 Å². The van der Waals surface area contributed by atoms with Gasteiger partial charge in [-0.1, -0.05) is 19.9 Å². The van der Waals surface area contributed by atoms with Gasteiger partial charge in [0, 0.05) is 12.6 Å². The lowest BCUT2D eigenvalue weighted by Crippen LogP contribution is -2.02. The van der Waals surface area contributed by atoms with E-state index < -0.39 is 11.0 Å². The zero-order valence-corrected chi connectivity index (χ0v) is 9.80. The maximum absolute atomic E-state index is 10.6. The van der Waals surface area contributed by atoms with Crippen molar-refractivity contribution in [3.63, 3.8) is 0 Å². The summed E-state index contributed by atoms with van der Waals surface area (Å²) >= 11 is 0. The summed E-state index contributed by atoms with van der Waals surface area (Å²) in [6, 6.07) is 4.60. The molecule has 16 heavy (non-hydrogen) atoms. The Morgan fingerprint density at radius 3 is 2.44 bits per heavy atom. The van der Waals surface area contributed by atoms with E-state index in [1.54, 1.807) is 6.07 Å². The first kappa shape index (κ1) is 14.5. The topological polar surface area (TPSA) is 89.4 Å². The molecule has 0 heterocycles. The van der Waals surface area contributed by atoms with Gasteiger partial charge in [0.25, 0.3) is 5.69 Å².